The van der Waals surface area contributed by atoms with E-state index in [0.29, 0.717) is 22.8 Å². The van der Waals surface area contributed by atoms with Crippen molar-refractivity contribution in [2.24, 2.45) is 7.05 Å². The van der Waals surface area contributed by atoms with Gasteiger partial charge in [-0.25, -0.2) is 4.98 Å². The minimum atomic E-state index is 0.475. The third kappa shape index (κ3) is 2.13. The molecule has 0 aliphatic heterocycles. The van der Waals surface area contributed by atoms with E-state index >= 15 is 0 Å². The molecule has 2 aromatic rings. The lowest BCUT2D eigenvalue weighted by molar-refractivity contribution is 0.413. The fourth-order valence-electron chi connectivity index (χ4n) is 2.03. The van der Waals surface area contributed by atoms with Crippen LogP contribution in [0, 0.1) is 11.3 Å². The Balaban J connectivity index is 2.57. The molecule has 5 nitrogen and oxygen atoms in total. The lowest BCUT2D eigenvalue weighted by Crippen LogP contribution is -2.00. The van der Waals surface area contributed by atoms with Crippen LogP contribution in [0.2, 0.25) is 0 Å². The van der Waals surface area contributed by atoms with Crippen molar-refractivity contribution in [3.8, 4) is 23.1 Å². The van der Waals surface area contributed by atoms with Crippen molar-refractivity contribution in [2.45, 2.75) is 13.3 Å². The number of hydrogen-bond donors (Lipinski definition) is 1. The van der Waals surface area contributed by atoms with Gasteiger partial charge in [0.25, 0.3) is 0 Å². The normalized spacial score (nSPS) is 10.2. The van der Waals surface area contributed by atoms with Crippen LogP contribution in [0.1, 0.15) is 18.3 Å². The van der Waals surface area contributed by atoms with Gasteiger partial charge < -0.3 is 15.0 Å². The first-order valence-corrected chi connectivity index (χ1v) is 6.01. The van der Waals surface area contributed by atoms with Gasteiger partial charge in [0, 0.05) is 19.0 Å². The van der Waals surface area contributed by atoms with Gasteiger partial charge in [0.2, 0.25) is 0 Å². The number of methoxy groups -OCH3 is 1. The van der Waals surface area contributed by atoms with Gasteiger partial charge in [0.1, 0.15) is 29.2 Å². The number of aryl methyl sites for hydroxylation is 1. The van der Waals surface area contributed by atoms with Gasteiger partial charge in [0.05, 0.1) is 12.7 Å². The number of ether oxygens (including phenoxy) is 1. The zero-order chi connectivity index (χ0) is 14.0. The Morgan fingerprint density at radius 1 is 1.47 bits per heavy atom. The second kappa shape index (κ2) is 5.02. The summed E-state index contributed by atoms with van der Waals surface area (Å²) in [5.74, 6) is 2.07. The van der Waals surface area contributed by atoms with Crippen LogP contribution in [0.25, 0.3) is 11.3 Å². The molecule has 2 N–H and O–H groups in total. The summed E-state index contributed by atoms with van der Waals surface area (Å²) in [5.41, 5.74) is 8.07. The maximum atomic E-state index is 9.11. The molecule has 0 aliphatic rings. The van der Waals surface area contributed by atoms with Crippen LogP contribution in [0.3, 0.4) is 0 Å². The SMILES string of the molecule is CCc1nc(-c2ccc(OC)c(C#N)c2)c(N)n1C. The molecule has 0 spiro atoms. The van der Waals surface area contributed by atoms with Crippen molar-refractivity contribution in [3.05, 3.63) is 29.6 Å². The number of rotatable bonds is 3. The number of nitrogens with two attached hydrogens (primary N) is 1. The number of nitrogens with zero attached hydrogens (tertiary/aromatic N) is 3. The molecule has 1 aromatic heterocycles. The van der Waals surface area contributed by atoms with E-state index in [2.05, 4.69) is 11.1 Å². The van der Waals surface area contributed by atoms with E-state index in [0.717, 1.165) is 17.8 Å². The second-order valence-electron chi connectivity index (χ2n) is 4.20. The quantitative estimate of drug-likeness (QED) is 0.912. The maximum absolute atomic E-state index is 9.11. The summed E-state index contributed by atoms with van der Waals surface area (Å²) in [4.78, 5) is 4.52. The highest BCUT2D eigenvalue weighted by Crippen LogP contribution is 2.29. The summed E-state index contributed by atoms with van der Waals surface area (Å²) in [6, 6.07) is 7.47. The van der Waals surface area contributed by atoms with E-state index in [-0.39, 0.29) is 0 Å². The molecule has 5 heteroatoms. The van der Waals surface area contributed by atoms with Crippen molar-refractivity contribution in [3.63, 3.8) is 0 Å². The molecule has 2 rings (SSSR count). The minimum Gasteiger partial charge on any atom is -0.495 e. The molecule has 0 unspecified atom stereocenters. The Kier molecular flexibility index (Phi) is 3.43. The molecule has 1 heterocycles. The highest BCUT2D eigenvalue weighted by Gasteiger charge is 2.14. The molecule has 19 heavy (non-hydrogen) atoms. The summed E-state index contributed by atoms with van der Waals surface area (Å²) in [7, 11) is 3.43. The summed E-state index contributed by atoms with van der Waals surface area (Å²) in [6.45, 7) is 2.03. The predicted octanol–water partition coefficient (Wildman–Crippen LogP) is 2.11. The highest BCUT2D eigenvalue weighted by molar-refractivity contribution is 5.73. The van der Waals surface area contributed by atoms with Crippen LogP contribution in [0.5, 0.6) is 5.75 Å². The van der Waals surface area contributed by atoms with Crippen LogP contribution in [0.15, 0.2) is 18.2 Å². The number of imidazole rings is 1. The van der Waals surface area contributed by atoms with E-state index in [1.165, 1.54) is 0 Å². The van der Waals surface area contributed by atoms with Crippen LogP contribution >= 0.6 is 0 Å². The average Bonchev–Trinajstić information content (AvgIpc) is 2.74. The number of hydrogen-bond acceptors (Lipinski definition) is 4. The first-order valence-electron chi connectivity index (χ1n) is 6.01. The first-order chi connectivity index (χ1) is 9.12. The maximum Gasteiger partial charge on any atom is 0.136 e. The van der Waals surface area contributed by atoms with Gasteiger partial charge in [-0.15, -0.1) is 0 Å². The van der Waals surface area contributed by atoms with E-state index < -0.39 is 0 Å². The number of aromatic nitrogens is 2. The fourth-order valence-corrected chi connectivity index (χ4v) is 2.03. The Labute approximate surface area is 112 Å². The van der Waals surface area contributed by atoms with Crippen LogP contribution in [0.4, 0.5) is 5.82 Å². The Morgan fingerprint density at radius 3 is 2.74 bits per heavy atom. The number of nitrogen functional groups attached to an aromatic ring is 1. The summed E-state index contributed by atoms with van der Waals surface area (Å²) in [5, 5.41) is 9.11. The number of nitriles is 1. The van der Waals surface area contributed by atoms with Crippen molar-refractivity contribution in [1.29, 1.82) is 5.26 Å². The average molecular weight is 256 g/mol. The van der Waals surface area contributed by atoms with Gasteiger partial charge in [-0.3, -0.25) is 0 Å². The topological polar surface area (TPSA) is 76.9 Å². The summed E-state index contributed by atoms with van der Waals surface area (Å²) >= 11 is 0. The minimum absolute atomic E-state index is 0.475. The Hall–Kier alpha value is -2.48. The van der Waals surface area contributed by atoms with Crippen molar-refractivity contribution >= 4 is 5.82 Å². The molecular weight excluding hydrogens is 240 g/mol. The third-order valence-corrected chi connectivity index (χ3v) is 3.14. The van der Waals surface area contributed by atoms with E-state index in [1.807, 2.05) is 24.6 Å². The van der Waals surface area contributed by atoms with Crippen molar-refractivity contribution < 1.29 is 4.74 Å². The van der Waals surface area contributed by atoms with Gasteiger partial charge in [-0.05, 0) is 18.2 Å². The Morgan fingerprint density at radius 2 is 2.21 bits per heavy atom. The first kappa shape index (κ1) is 13.0. The lowest BCUT2D eigenvalue weighted by Gasteiger charge is -2.05. The van der Waals surface area contributed by atoms with Crippen LogP contribution < -0.4 is 10.5 Å². The molecule has 0 radical (unpaired) electrons. The van der Waals surface area contributed by atoms with Crippen LogP contribution in [-0.4, -0.2) is 16.7 Å². The molecule has 1 aromatic carbocycles. The molecule has 0 atom stereocenters. The van der Waals surface area contributed by atoms with Crippen molar-refractivity contribution in [1.82, 2.24) is 9.55 Å². The zero-order valence-corrected chi connectivity index (χ0v) is 11.3. The molecule has 0 saturated carbocycles. The highest BCUT2D eigenvalue weighted by atomic mass is 16.5. The number of anilines is 1. The largest absolute Gasteiger partial charge is 0.495 e. The predicted molar refractivity (Wildman–Crippen MR) is 73.7 cm³/mol. The van der Waals surface area contributed by atoms with Gasteiger partial charge in [-0.2, -0.15) is 5.26 Å². The summed E-state index contributed by atoms with van der Waals surface area (Å²) in [6.07, 6.45) is 0.808. The Bertz CT molecular complexity index is 652. The third-order valence-electron chi connectivity index (χ3n) is 3.14. The van der Waals surface area contributed by atoms with E-state index in [4.69, 9.17) is 15.7 Å². The molecule has 0 amide bonds. The molecule has 0 aliphatic carbocycles. The second-order valence-corrected chi connectivity index (χ2v) is 4.20. The fraction of sp³-hybridized carbons (Fsp3) is 0.286. The smallest absolute Gasteiger partial charge is 0.136 e. The monoisotopic (exact) mass is 256 g/mol. The van der Waals surface area contributed by atoms with E-state index in [9.17, 15) is 0 Å². The van der Waals surface area contributed by atoms with E-state index in [1.54, 1.807) is 19.2 Å². The molecule has 0 saturated heterocycles. The van der Waals surface area contributed by atoms with Crippen molar-refractivity contribution in [2.75, 3.05) is 12.8 Å². The van der Waals surface area contributed by atoms with Gasteiger partial charge >= 0.3 is 0 Å². The standard InChI is InChI=1S/C14H16N4O/c1-4-12-17-13(14(16)18(12)2)9-5-6-11(19-3)10(7-9)8-15/h5-7H,4,16H2,1-3H3. The zero-order valence-electron chi connectivity index (χ0n) is 11.3. The molecule has 0 bridgehead atoms. The summed E-state index contributed by atoms with van der Waals surface area (Å²) < 4.78 is 6.99. The van der Waals surface area contributed by atoms with Crippen LogP contribution in [-0.2, 0) is 13.5 Å². The molecular formula is C14H16N4O. The lowest BCUT2D eigenvalue weighted by atomic mass is 10.1. The molecule has 0 fully saturated rings. The number of benzene rings is 1. The van der Waals surface area contributed by atoms with Gasteiger partial charge in [-0.1, -0.05) is 6.92 Å². The van der Waals surface area contributed by atoms with Gasteiger partial charge in [0.15, 0.2) is 0 Å². The molecule has 98 valence electrons.